The van der Waals surface area contributed by atoms with Crippen LogP contribution in [0.2, 0.25) is 5.02 Å². The molecule has 2 aromatic rings. The Morgan fingerprint density at radius 2 is 2.22 bits per heavy atom. The van der Waals surface area contributed by atoms with Crippen LogP contribution in [0, 0.1) is 0 Å². The largest absolute Gasteiger partial charge is 0.319 e. The van der Waals surface area contributed by atoms with E-state index in [4.69, 9.17) is 11.6 Å². The number of carbonyl (C=O) groups is 1. The van der Waals surface area contributed by atoms with E-state index >= 15 is 0 Å². The second-order valence-electron chi connectivity index (χ2n) is 4.11. The van der Waals surface area contributed by atoms with Crippen molar-refractivity contribution in [3.05, 3.63) is 41.4 Å². The van der Waals surface area contributed by atoms with Crippen molar-refractivity contribution < 1.29 is 4.79 Å². The predicted molar refractivity (Wildman–Crippen MR) is 69.8 cm³/mol. The van der Waals surface area contributed by atoms with E-state index in [-0.39, 0.29) is 11.9 Å². The average Bonchev–Trinajstić information content (AvgIpc) is 2.78. The van der Waals surface area contributed by atoms with Crippen LogP contribution in [0.15, 0.2) is 30.9 Å². The van der Waals surface area contributed by atoms with Gasteiger partial charge in [0.2, 0.25) is 0 Å². The molecule has 1 amide bonds. The number of pyridine rings is 1. The molecule has 2 rings (SSSR count). The Balaban J connectivity index is 2.14. The number of amides is 1. The van der Waals surface area contributed by atoms with Gasteiger partial charge in [0.1, 0.15) is 0 Å². The van der Waals surface area contributed by atoms with Crippen molar-refractivity contribution in [2.75, 3.05) is 5.32 Å². The minimum Gasteiger partial charge on any atom is -0.319 e. The Hall–Kier alpha value is -1.88. The molecule has 94 valence electrons. The summed E-state index contributed by atoms with van der Waals surface area (Å²) in [4.78, 5) is 15.8. The van der Waals surface area contributed by atoms with Gasteiger partial charge in [-0.2, -0.15) is 5.10 Å². The van der Waals surface area contributed by atoms with E-state index in [0.717, 1.165) is 0 Å². The van der Waals surface area contributed by atoms with Crippen LogP contribution < -0.4 is 5.32 Å². The lowest BCUT2D eigenvalue weighted by atomic mass is 10.2. The van der Waals surface area contributed by atoms with Crippen molar-refractivity contribution in [3.63, 3.8) is 0 Å². The number of nitrogens with zero attached hydrogens (tertiary/aromatic N) is 3. The third-order valence-corrected chi connectivity index (χ3v) is 2.71. The molecule has 0 fully saturated rings. The summed E-state index contributed by atoms with van der Waals surface area (Å²) in [5.74, 6) is -0.272. The summed E-state index contributed by atoms with van der Waals surface area (Å²) in [5, 5.41) is 7.21. The molecule has 0 radical (unpaired) electrons. The minimum absolute atomic E-state index is 0.250. The molecule has 5 nitrogen and oxygen atoms in total. The number of anilines is 1. The number of rotatable bonds is 3. The summed E-state index contributed by atoms with van der Waals surface area (Å²) in [6.45, 7) is 4.02. The first kappa shape index (κ1) is 12.6. The molecule has 0 aliphatic rings. The summed E-state index contributed by atoms with van der Waals surface area (Å²) in [7, 11) is 0. The molecule has 18 heavy (non-hydrogen) atoms. The Kier molecular flexibility index (Phi) is 3.62. The van der Waals surface area contributed by atoms with Gasteiger partial charge >= 0.3 is 0 Å². The van der Waals surface area contributed by atoms with E-state index in [1.54, 1.807) is 23.1 Å². The summed E-state index contributed by atoms with van der Waals surface area (Å²) >= 11 is 5.90. The number of hydrogen-bond donors (Lipinski definition) is 1. The fraction of sp³-hybridized carbons (Fsp3) is 0.250. The maximum Gasteiger partial charge on any atom is 0.257 e. The molecule has 0 atom stereocenters. The second kappa shape index (κ2) is 5.18. The Morgan fingerprint density at radius 3 is 2.83 bits per heavy atom. The zero-order valence-electron chi connectivity index (χ0n) is 10.1. The van der Waals surface area contributed by atoms with Crippen LogP contribution in [0.3, 0.4) is 0 Å². The third-order valence-electron chi connectivity index (χ3n) is 2.41. The van der Waals surface area contributed by atoms with E-state index in [9.17, 15) is 4.79 Å². The first-order valence-electron chi connectivity index (χ1n) is 5.53. The van der Waals surface area contributed by atoms with Gasteiger partial charge in [0.25, 0.3) is 5.91 Å². The van der Waals surface area contributed by atoms with Gasteiger partial charge in [0.05, 0.1) is 22.5 Å². The molecule has 2 heterocycles. The lowest BCUT2D eigenvalue weighted by Gasteiger charge is -2.05. The highest BCUT2D eigenvalue weighted by atomic mass is 35.5. The highest BCUT2D eigenvalue weighted by Crippen LogP contribution is 2.16. The molecular weight excluding hydrogens is 252 g/mol. The van der Waals surface area contributed by atoms with Crippen LogP contribution in [0.1, 0.15) is 30.2 Å². The van der Waals surface area contributed by atoms with Crippen LogP contribution in [0.4, 0.5) is 5.69 Å². The summed E-state index contributed by atoms with van der Waals surface area (Å²) in [5.41, 5.74) is 1.03. The smallest absolute Gasteiger partial charge is 0.257 e. The molecule has 0 bridgehead atoms. The highest BCUT2D eigenvalue weighted by Gasteiger charge is 2.11. The van der Waals surface area contributed by atoms with Crippen molar-refractivity contribution in [3.8, 4) is 0 Å². The lowest BCUT2D eigenvalue weighted by Crippen LogP contribution is -2.12. The maximum atomic E-state index is 12.0. The monoisotopic (exact) mass is 264 g/mol. The van der Waals surface area contributed by atoms with Gasteiger partial charge in [-0.25, -0.2) is 0 Å². The van der Waals surface area contributed by atoms with E-state index in [0.29, 0.717) is 16.3 Å². The molecular formula is C12H13ClN4O. The molecule has 0 saturated carbocycles. The van der Waals surface area contributed by atoms with Crippen LogP contribution in [0.25, 0.3) is 0 Å². The van der Waals surface area contributed by atoms with Gasteiger partial charge in [0.15, 0.2) is 0 Å². The van der Waals surface area contributed by atoms with Crippen molar-refractivity contribution in [1.82, 2.24) is 14.8 Å². The first-order valence-corrected chi connectivity index (χ1v) is 5.90. The highest BCUT2D eigenvalue weighted by molar-refractivity contribution is 6.34. The standard InChI is InChI=1S/C12H13ClN4O/c1-8(2)17-7-9(5-15-17)16-12(18)10-3-4-14-6-11(10)13/h3-8H,1-2H3,(H,16,18). The van der Waals surface area contributed by atoms with Crippen LogP contribution in [0.5, 0.6) is 0 Å². The number of hydrogen-bond acceptors (Lipinski definition) is 3. The number of aromatic nitrogens is 3. The minimum atomic E-state index is -0.272. The summed E-state index contributed by atoms with van der Waals surface area (Å²) in [6.07, 6.45) is 6.34. The topological polar surface area (TPSA) is 59.8 Å². The van der Waals surface area contributed by atoms with E-state index in [2.05, 4.69) is 15.4 Å². The van der Waals surface area contributed by atoms with Gasteiger partial charge in [-0.1, -0.05) is 11.6 Å². The molecule has 0 aliphatic carbocycles. The fourth-order valence-corrected chi connectivity index (χ4v) is 1.65. The van der Waals surface area contributed by atoms with Gasteiger partial charge in [-0.15, -0.1) is 0 Å². The predicted octanol–water partition coefficient (Wildman–Crippen LogP) is 2.76. The van der Waals surface area contributed by atoms with E-state index < -0.39 is 0 Å². The van der Waals surface area contributed by atoms with Crippen LogP contribution in [-0.2, 0) is 0 Å². The molecule has 0 saturated heterocycles. The molecule has 0 aromatic carbocycles. The third kappa shape index (κ3) is 2.68. The Bertz CT molecular complexity index is 565. The Labute approximate surface area is 110 Å². The van der Waals surface area contributed by atoms with Gasteiger partial charge in [-0.05, 0) is 19.9 Å². The Morgan fingerprint density at radius 1 is 1.44 bits per heavy atom. The normalized spacial score (nSPS) is 10.7. The van der Waals surface area contributed by atoms with Crippen molar-refractivity contribution in [2.45, 2.75) is 19.9 Å². The van der Waals surface area contributed by atoms with Gasteiger partial charge < -0.3 is 5.32 Å². The zero-order valence-corrected chi connectivity index (χ0v) is 10.8. The first-order chi connectivity index (χ1) is 8.58. The number of nitrogens with one attached hydrogen (secondary N) is 1. The second-order valence-corrected chi connectivity index (χ2v) is 4.52. The summed E-state index contributed by atoms with van der Waals surface area (Å²) in [6, 6.07) is 1.82. The van der Waals surface area contributed by atoms with E-state index in [1.807, 2.05) is 13.8 Å². The molecule has 0 spiro atoms. The molecule has 0 aliphatic heterocycles. The number of halogens is 1. The maximum absolute atomic E-state index is 12.0. The van der Waals surface area contributed by atoms with Gasteiger partial charge in [0, 0.05) is 24.6 Å². The molecule has 2 aromatic heterocycles. The zero-order chi connectivity index (χ0) is 13.1. The quantitative estimate of drug-likeness (QED) is 0.927. The molecule has 6 heteroatoms. The number of carbonyl (C=O) groups excluding carboxylic acids is 1. The van der Waals surface area contributed by atoms with Crippen molar-refractivity contribution >= 4 is 23.2 Å². The van der Waals surface area contributed by atoms with Crippen LogP contribution in [-0.4, -0.2) is 20.7 Å². The molecule has 0 unspecified atom stereocenters. The molecule has 1 N–H and O–H groups in total. The van der Waals surface area contributed by atoms with Crippen LogP contribution >= 0.6 is 11.6 Å². The SMILES string of the molecule is CC(C)n1cc(NC(=O)c2ccncc2Cl)cn1. The fourth-order valence-electron chi connectivity index (χ4n) is 1.44. The van der Waals surface area contributed by atoms with Crippen molar-refractivity contribution in [1.29, 1.82) is 0 Å². The van der Waals surface area contributed by atoms with Crippen molar-refractivity contribution in [2.24, 2.45) is 0 Å². The lowest BCUT2D eigenvalue weighted by molar-refractivity contribution is 0.102. The summed E-state index contributed by atoms with van der Waals surface area (Å²) < 4.78 is 1.77. The average molecular weight is 265 g/mol. The van der Waals surface area contributed by atoms with Gasteiger partial charge in [-0.3, -0.25) is 14.5 Å². The van der Waals surface area contributed by atoms with E-state index in [1.165, 1.54) is 12.4 Å².